The number of nitrogen functional groups attached to an aromatic ring is 1. The van der Waals surface area contributed by atoms with Gasteiger partial charge in [0, 0.05) is 12.5 Å². The summed E-state index contributed by atoms with van der Waals surface area (Å²) in [6.07, 6.45) is 4.06. The zero-order valence-corrected chi connectivity index (χ0v) is 17.4. The highest BCUT2D eigenvalue weighted by Crippen LogP contribution is 2.18. The van der Waals surface area contributed by atoms with Crippen molar-refractivity contribution in [1.82, 2.24) is 29.5 Å². The zero-order valence-electron chi connectivity index (χ0n) is 17.4. The molecule has 0 bridgehead atoms. The van der Waals surface area contributed by atoms with Crippen LogP contribution in [0.1, 0.15) is 19.2 Å². The second kappa shape index (κ2) is 9.07. The van der Waals surface area contributed by atoms with E-state index >= 15 is 0 Å². The lowest BCUT2D eigenvalue weighted by Gasteiger charge is -2.13. The summed E-state index contributed by atoms with van der Waals surface area (Å²) in [5, 5.41) is -0.169. The van der Waals surface area contributed by atoms with Gasteiger partial charge in [0.2, 0.25) is 0 Å². The van der Waals surface area contributed by atoms with E-state index in [0.29, 0.717) is 35.6 Å². The number of nitrogens with zero attached hydrogens (tertiary/aromatic N) is 5. The first kappa shape index (κ1) is 21.9. The van der Waals surface area contributed by atoms with Crippen LogP contribution in [-0.4, -0.2) is 29.5 Å². The molecule has 3 aromatic heterocycles. The summed E-state index contributed by atoms with van der Waals surface area (Å²) in [6.45, 7) is 1.90. The fourth-order valence-electron chi connectivity index (χ4n) is 3.30. The monoisotopic (exact) mass is 453 g/mol. The number of benzene rings is 2. The Balaban J connectivity index is 0.000000214. The van der Waals surface area contributed by atoms with Crippen LogP contribution in [-0.2, 0) is 6.42 Å². The van der Waals surface area contributed by atoms with Crippen LogP contribution in [0.5, 0.6) is 0 Å². The van der Waals surface area contributed by atoms with E-state index in [4.69, 9.17) is 5.73 Å². The van der Waals surface area contributed by atoms with Crippen molar-refractivity contribution < 1.29 is 13.2 Å². The first-order valence-electron chi connectivity index (χ1n) is 9.95. The Hall–Kier alpha value is -4.28. The van der Waals surface area contributed by atoms with Gasteiger partial charge in [-0.1, -0.05) is 13.0 Å². The van der Waals surface area contributed by atoms with E-state index in [9.17, 15) is 18.0 Å². The smallest absolute Gasteiger partial charge is 0.268 e. The Kier molecular flexibility index (Phi) is 6.03. The number of H-pyrrole nitrogens is 1. The van der Waals surface area contributed by atoms with Crippen LogP contribution < -0.4 is 11.3 Å². The van der Waals surface area contributed by atoms with Gasteiger partial charge in [0.25, 0.3) is 5.56 Å². The lowest BCUT2D eigenvalue weighted by Crippen LogP contribution is -2.25. The number of hydrogen-bond acceptors (Lipinski definition) is 6. The predicted molar refractivity (Wildman–Crippen MR) is 117 cm³/mol. The maximum atomic E-state index is 14.0. The van der Waals surface area contributed by atoms with E-state index in [1.807, 2.05) is 6.92 Å². The van der Waals surface area contributed by atoms with Crippen molar-refractivity contribution in [3.8, 4) is 5.69 Å². The average Bonchev–Trinajstić information content (AvgIpc) is 3.27. The highest BCUT2D eigenvalue weighted by atomic mass is 19.2. The molecule has 0 aliphatic heterocycles. The number of fused-ring (bicyclic) bond motifs is 2. The van der Waals surface area contributed by atoms with E-state index in [1.165, 1.54) is 30.9 Å². The Morgan fingerprint density at radius 2 is 1.85 bits per heavy atom. The molecule has 11 heteroatoms. The van der Waals surface area contributed by atoms with Crippen molar-refractivity contribution in [3.05, 3.63) is 82.7 Å². The molecule has 0 aliphatic rings. The third-order valence-corrected chi connectivity index (χ3v) is 4.80. The molecule has 0 atom stereocenters. The van der Waals surface area contributed by atoms with Gasteiger partial charge < -0.3 is 10.7 Å². The maximum absolute atomic E-state index is 14.0. The summed E-state index contributed by atoms with van der Waals surface area (Å²) >= 11 is 0. The topological polar surface area (TPSA) is 115 Å². The molecule has 0 fully saturated rings. The summed E-state index contributed by atoms with van der Waals surface area (Å²) in [4.78, 5) is 31.4. The van der Waals surface area contributed by atoms with Crippen LogP contribution in [0.4, 0.5) is 19.0 Å². The Morgan fingerprint density at radius 1 is 1.03 bits per heavy atom. The van der Waals surface area contributed by atoms with Gasteiger partial charge in [0.05, 0.1) is 17.5 Å². The predicted octanol–water partition coefficient (Wildman–Crippen LogP) is 3.69. The molecule has 168 valence electrons. The van der Waals surface area contributed by atoms with E-state index in [0.717, 1.165) is 16.7 Å². The maximum Gasteiger partial charge on any atom is 0.268 e. The molecule has 33 heavy (non-hydrogen) atoms. The number of imidazole rings is 1. The van der Waals surface area contributed by atoms with Crippen LogP contribution in [0.2, 0.25) is 0 Å². The van der Waals surface area contributed by atoms with Gasteiger partial charge >= 0.3 is 0 Å². The van der Waals surface area contributed by atoms with Crippen molar-refractivity contribution >= 4 is 27.9 Å². The third kappa shape index (κ3) is 4.25. The van der Waals surface area contributed by atoms with Crippen molar-refractivity contribution in [2.45, 2.75) is 19.8 Å². The number of nitrogens with one attached hydrogen (secondary N) is 1. The minimum atomic E-state index is -1.08. The standard InChI is InChI=1S/C17H13F3N2O.C5H5N5/c1-2-4-15-21-14-6-3-5-12(19)16(14)17(23)22(15)10-7-8-11(18)13(20)9-10;6-4-3-5(9-1-7-3)10-2-8-4/h3,5-9H,2,4H2,1H3;1-2H,(H3,6,7,8,9,10). The third-order valence-electron chi connectivity index (χ3n) is 4.80. The summed E-state index contributed by atoms with van der Waals surface area (Å²) in [7, 11) is 0. The molecule has 0 aliphatic carbocycles. The Bertz CT molecular complexity index is 1510. The molecule has 0 spiro atoms. The number of aryl methyl sites for hydroxylation is 1. The first-order chi connectivity index (χ1) is 15.9. The molecule has 0 unspecified atom stereocenters. The number of anilines is 1. The van der Waals surface area contributed by atoms with Crippen LogP contribution in [0, 0.1) is 17.5 Å². The van der Waals surface area contributed by atoms with Crippen LogP contribution in [0.25, 0.3) is 27.8 Å². The SMILES string of the molecule is CCCc1nc2cccc(F)c2c(=O)n1-c1ccc(F)c(F)c1.Nc1ncnc2nc[nH]c12. The Labute approximate surface area is 185 Å². The van der Waals surface area contributed by atoms with E-state index in [1.54, 1.807) is 6.07 Å². The molecular weight excluding hydrogens is 435 g/mol. The molecular formula is C22H18F3N7O. The summed E-state index contributed by atoms with van der Waals surface area (Å²) in [5.74, 6) is -1.98. The Morgan fingerprint density at radius 3 is 2.58 bits per heavy atom. The lowest BCUT2D eigenvalue weighted by atomic mass is 10.2. The second-order valence-corrected chi connectivity index (χ2v) is 7.01. The van der Waals surface area contributed by atoms with Gasteiger partial charge in [-0.25, -0.2) is 33.1 Å². The largest absolute Gasteiger partial charge is 0.382 e. The second-order valence-electron chi connectivity index (χ2n) is 7.01. The fourth-order valence-corrected chi connectivity index (χ4v) is 3.30. The van der Waals surface area contributed by atoms with Gasteiger partial charge in [-0.3, -0.25) is 9.36 Å². The number of nitrogens with two attached hydrogens (primary N) is 1. The number of aromatic nitrogens is 6. The quantitative estimate of drug-likeness (QED) is 0.431. The molecule has 0 amide bonds. The van der Waals surface area contributed by atoms with Gasteiger partial charge in [-0.05, 0) is 30.7 Å². The molecule has 2 aromatic carbocycles. The fraction of sp³-hybridized carbons (Fsp3) is 0.136. The molecule has 5 aromatic rings. The number of halogens is 3. The van der Waals surface area contributed by atoms with E-state index < -0.39 is 23.0 Å². The minimum Gasteiger partial charge on any atom is -0.382 e. The summed E-state index contributed by atoms with van der Waals surface area (Å²) in [5.41, 5.74) is 6.51. The van der Waals surface area contributed by atoms with Gasteiger partial charge in [-0.15, -0.1) is 0 Å². The highest BCUT2D eigenvalue weighted by Gasteiger charge is 2.16. The van der Waals surface area contributed by atoms with Crippen molar-refractivity contribution in [2.75, 3.05) is 5.73 Å². The van der Waals surface area contributed by atoms with Gasteiger partial charge in [-0.2, -0.15) is 0 Å². The number of hydrogen-bond donors (Lipinski definition) is 2. The molecule has 3 heterocycles. The lowest BCUT2D eigenvalue weighted by molar-refractivity contribution is 0.507. The van der Waals surface area contributed by atoms with E-state index in [2.05, 4.69) is 24.9 Å². The zero-order chi connectivity index (χ0) is 23.5. The van der Waals surface area contributed by atoms with Crippen molar-refractivity contribution in [3.63, 3.8) is 0 Å². The van der Waals surface area contributed by atoms with Crippen molar-refractivity contribution in [1.29, 1.82) is 0 Å². The first-order valence-corrected chi connectivity index (χ1v) is 9.95. The molecule has 5 rings (SSSR count). The van der Waals surface area contributed by atoms with Crippen LogP contribution in [0.15, 0.2) is 53.8 Å². The summed E-state index contributed by atoms with van der Waals surface area (Å²) in [6, 6.07) is 7.30. The average molecular weight is 453 g/mol. The number of aromatic amines is 1. The molecule has 8 nitrogen and oxygen atoms in total. The summed E-state index contributed by atoms with van der Waals surface area (Å²) < 4.78 is 41.8. The molecule has 0 saturated carbocycles. The van der Waals surface area contributed by atoms with Gasteiger partial charge in [0.15, 0.2) is 23.1 Å². The van der Waals surface area contributed by atoms with Crippen LogP contribution in [0.3, 0.4) is 0 Å². The minimum absolute atomic E-state index is 0.120. The number of rotatable bonds is 3. The normalized spacial score (nSPS) is 10.9. The van der Waals surface area contributed by atoms with Crippen LogP contribution >= 0.6 is 0 Å². The van der Waals surface area contributed by atoms with E-state index in [-0.39, 0.29) is 16.6 Å². The molecule has 0 saturated heterocycles. The van der Waals surface area contributed by atoms with Gasteiger partial charge in [0.1, 0.15) is 28.9 Å². The highest BCUT2D eigenvalue weighted by molar-refractivity contribution is 5.80. The van der Waals surface area contributed by atoms with Crippen molar-refractivity contribution in [2.24, 2.45) is 0 Å². The molecule has 3 N–H and O–H groups in total. The molecule has 0 radical (unpaired) electrons.